The Morgan fingerprint density at radius 1 is 1.64 bits per heavy atom. The van der Waals surface area contributed by atoms with Gasteiger partial charge in [-0.15, -0.1) is 0 Å². The van der Waals surface area contributed by atoms with E-state index in [1.807, 2.05) is 4.90 Å². The first-order valence-electron chi connectivity index (χ1n) is 5.25. The van der Waals surface area contributed by atoms with Gasteiger partial charge in [0, 0.05) is 17.5 Å². The van der Waals surface area contributed by atoms with E-state index in [0.29, 0.717) is 12.5 Å². The van der Waals surface area contributed by atoms with E-state index in [-0.39, 0.29) is 6.09 Å². The molecule has 1 heterocycles. The number of halogens is 1. The number of rotatable bonds is 4. The maximum absolute atomic E-state index is 11.5. The van der Waals surface area contributed by atoms with E-state index >= 15 is 0 Å². The van der Waals surface area contributed by atoms with Crippen molar-refractivity contribution >= 4 is 28.7 Å². The number of hydrogen-bond acceptors (Lipinski definition) is 2. The third kappa shape index (κ3) is 3.63. The van der Waals surface area contributed by atoms with Gasteiger partial charge in [-0.2, -0.15) is 0 Å². The van der Waals surface area contributed by atoms with Crippen molar-refractivity contribution in [2.24, 2.45) is 5.92 Å². The Morgan fingerprint density at radius 2 is 2.43 bits per heavy atom. The normalized spacial score (nSPS) is 21.3. The first kappa shape index (κ1) is 12.1. The molecule has 0 aliphatic carbocycles. The zero-order valence-electron chi connectivity index (χ0n) is 8.67. The van der Waals surface area contributed by atoms with Crippen LogP contribution in [0.25, 0.3) is 0 Å². The van der Waals surface area contributed by atoms with Crippen LogP contribution in [0.1, 0.15) is 26.2 Å². The van der Waals surface area contributed by atoms with Crippen LogP contribution in [-0.2, 0) is 4.74 Å². The molecule has 3 nitrogen and oxygen atoms in total. The van der Waals surface area contributed by atoms with Gasteiger partial charge in [0.1, 0.15) is 0 Å². The van der Waals surface area contributed by atoms with Gasteiger partial charge >= 0.3 is 6.09 Å². The predicted octanol–water partition coefficient (Wildman–Crippen LogP) is 2.68. The van der Waals surface area contributed by atoms with Gasteiger partial charge in [-0.25, -0.2) is 4.79 Å². The molecule has 1 atom stereocenters. The SMILES string of the molecule is CCCCOC(=O)N1CCC(CI)C1. The number of hydrogen-bond donors (Lipinski definition) is 0. The molecule has 1 rings (SSSR count). The standard InChI is InChI=1S/C10H18INO2/c1-2-3-6-14-10(13)12-5-4-9(7-11)8-12/h9H,2-8H2,1H3. The largest absolute Gasteiger partial charge is 0.449 e. The predicted molar refractivity (Wildman–Crippen MR) is 64.8 cm³/mol. The molecule has 1 saturated heterocycles. The Morgan fingerprint density at radius 3 is 3.00 bits per heavy atom. The van der Waals surface area contributed by atoms with Crippen LogP contribution in [0.2, 0.25) is 0 Å². The summed E-state index contributed by atoms with van der Waals surface area (Å²) in [4.78, 5) is 13.3. The Labute approximate surface area is 99.3 Å². The van der Waals surface area contributed by atoms with Gasteiger partial charge in [-0.3, -0.25) is 0 Å². The summed E-state index contributed by atoms with van der Waals surface area (Å²) < 4.78 is 6.28. The minimum atomic E-state index is -0.120. The first-order valence-corrected chi connectivity index (χ1v) is 6.78. The van der Waals surface area contributed by atoms with Crippen LogP contribution in [0.5, 0.6) is 0 Å². The molecular formula is C10H18INO2. The highest BCUT2D eigenvalue weighted by atomic mass is 127. The number of carbonyl (C=O) groups excluding carboxylic acids is 1. The van der Waals surface area contributed by atoms with Crippen LogP contribution in [-0.4, -0.2) is 35.1 Å². The summed E-state index contributed by atoms with van der Waals surface area (Å²) in [5.41, 5.74) is 0. The van der Waals surface area contributed by atoms with Crippen LogP contribution in [0, 0.1) is 5.92 Å². The van der Waals surface area contributed by atoms with Crippen molar-refractivity contribution < 1.29 is 9.53 Å². The Balaban J connectivity index is 2.18. The molecule has 0 radical (unpaired) electrons. The maximum Gasteiger partial charge on any atom is 0.409 e. The Kier molecular flexibility index (Phi) is 5.59. The maximum atomic E-state index is 11.5. The van der Waals surface area contributed by atoms with Crippen molar-refractivity contribution in [3.8, 4) is 0 Å². The topological polar surface area (TPSA) is 29.5 Å². The van der Waals surface area contributed by atoms with E-state index in [4.69, 9.17) is 4.74 Å². The monoisotopic (exact) mass is 311 g/mol. The molecule has 1 aliphatic heterocycles. The number of ether oxygens (including phenoxy) is 1. The van der Waals surface area contributed by atoms with E-state index < -0.39 is 0 Å². The minimum Gasteiger partial charge on any atom is -0.449 e. The summed E-state index contributed by atoms with van der Waals surface area (Å²) >= 11 is 2.38. The second-order valence-electron chi connectivity index (χ2n) is 3.72. The van der Waals surface area contributed by atoms with E-state index in [1.54, 1.807) is 0 Å². The highest BCUT2D eigenvalue weighted by molar-refractivity contribution is 14.1. The van der Waals surface area contributed by atoms with E-state index in [2.05, 4.69) is 29.5 Å². The molecule has 4 heteroatoms. The summed E-state index contributed by atoms with van der Waals surface area (Å²) in [7, 11) is 0. The molecule has 0 aromatic rings. The van der Waals surface area contributed by atoms with Crippen molar-refractivity contribution in [2.45, 2.75) is 26.2 Å². The fourth-order valence-corrected chi connectivity index (χ4v) is 2.24. The number of alkyl halides is 1. The molecule has 14 heavy (non-hydrogen) atoms. The fraction of sp³-hybridized carbons (Fsp3) is 0.900. The molecule has 0 saturated carbocycles. The molecule has 82 valence electrons. The second-order valence-corrected chi connectivity index (χ2v) is 4.60. The zero-order chi connectivity index (χ0) is 10.4. The highest BCUT2D eigenvalue weighted by Gasteiger charge is 2.26. The van der Waals surface area contributed by atoms with E-state index in [9.17, 15) is 4.79 Å². The molecule has 1 aliphatic rings. The summed E-state index contributed by atoms with van der Waals surface area (Å²) in [6.45, 7) is 4.42. The fourth-order valence-electron chi connectivity index (χ4n) is 1.52. The minimum absolute atomic E-state index is 0.120. The highest BCUT2D eigenvalue weighted by Crippen LogP contribution is 2.18. The molecule has 1 unspecified atom stereocenters. The zero-order valence-corrected chi connectivity index (χ0v) is 10.8. The number of likely N-dealkylation sites (tertiary alicyclic amines) is 1. The van der Waals surface area contributed by atoms with Crippen molar-refractivity contribution in [2.75, 3.05) is 24.1 Å². The number of amides is 1. The lowest BCUT2D eigenvalue weighted by atomic mass is 10.2. The molecular weight excluding hydrogens is 293 g/mol. The third-order valence-corrected chi connectivity index (χ3v) is 3.73. The Bertz CT molecular complexity index is 187. The molecule has 0 aromatic carbocycles. The number of carbonyl (C=O) groups is 1. The number of unbranched alkanes of at least 4 members (excludes halogenated alkanes) is 1. The molecule has 0 spiro atoms. The van der Waals surface area contributed by atoms with Gasteiger partial charge in [0.05, 0.1) is 6.61 Å². The smallest absolute Gasteiger partial charge is 0.409 e. The summed E-state index contributed by atoms with van der Waals surface area (Å²) in [5.74, 6) is 0.675. The average Bonchev–Trinajstić information content (AvgIpc) is 2.66. The van der Waals surface area contributed by atoms with Crippen molar-refractivity contribution in [1.29, 1.82) is 0 Å². The summed E-state index contributed by atoms with van der Waals surface area (Å²) in [5, 5.41) is 0. The number of nitrogens with zero attached hydrogens (tertiary/aromatic N) is 1. The lowest BCUT2D eigenvalue weighted by Crippen LogP contribution is -2.29. The molecule has 1 fully saturated rings. The molecule has 1 amide bonds. The van der Waals surface area contributed by atoms with E-state index in [1.165, 1.54) is 0 Å². The molecule has 0 N–H and O–H groups in total. The summed E-state index contributed by atoms with van der Waals surface area (Å²) in [6, 6.07) is 0. The average molecular weight is 311 g/mol. The van der Waals surface area contributed by atoms with Crippen molar-refractivity contribution in [1.82, 2.24) is 4.90 Å². The van der Waals surface area contributed by atoms with Gasteiger partial charge < -0.3 is 9.64 Å². The van der Waals surface area contributed by atoms with Gasteiger partial charge in [0.15, 0.2) is 0 Å². The third-order valence-electron chi connectivity index (χ3n) is 2.49. The van der Waals surface area contributed by atoms with Crippen molar-refractivity contribution in [3.05, 3.63) is 0 Å². The molecule has 0 bridgehead atoms. The van der Waals surface area contributed by atoms with Gasteiger partial charge in [0.2, 0.25) is 0 Å². The first-order chi connectivity index (χ1) is 6.77. The lowest BCUT2D eigenvalue weighted by molar-refractivity contribution is 0.108. The lowest BCUT2D eigenvalue weighted by Gasteiger charge is -2.15. The Hall–Kier alpha value is 0. The van der Waals surface area contributed by atoms with Crippen LogP contribution in [0.4, 0.5) is 4.79 Å². The molecule has 0 aromatic heterocycles. The van der Waals surface area contributed by atoms with Crippen LogP contribution >= 0.6 is 22.6 Å². The van der Waals surface area contributed by atoms with Crippen LogP contribution < -0.4 is 0 Å². The van der Waals surface area contributed by atoms with Gasteiger partial charge in [-0.05, 0) is 18.8 Å². The summed E-state index contributed by atoms with van der Waals surface area (Å²) in [6.07, 6.45) is 3.05. The van der Waals surface area contributed by atoms with Crippen molar-refractivity contribution in [3.63, 3.8) is 0 Å². The van der Waals surface area contributed by atoms with Crippen LogP contribution in [0.15, 0.2) is 0 Å². The van der Waals surface area contributed by atoms with Gasteiger partial charge in [-0.1, -0.05) is 35.9 Å². The van der Waals surface area contributed by atoms with E-state index in [0.717, 1.165) is 36.8 Å². The quantitative estimate of drug-likeness (QED) is 0.454. The van der Waals surface area contributed by atoms with Crippen LogP contribution in [0.3, 0.4) is 0 Å². The second kappa shape index (κ2) is 6.48. The van der Waals surface area contributed by atoms with Gasteiger partial charge in [0.25, 0.3) is 0 Å².